The predicted molar refractivity (Wildman–Crippen MR) is 83.8 cm³/mol. The van der Waals surface area contributed by atoms with Crippen LogP contribution in [-0.4, -0.2) is 42.8 Å². The lowest BCUT2D eigenvalue weighted by atomic mass is 9.90. The van der Waals surface area contributed by atoms with Gasteiger partial charge in [-0.3, -0.25) is 4.90 Å². The molecule has 1 aliphatic rings. The van der Waals surface area contributed by atoms with Gasteiger partial charge < -0.3 is 10.5 Å². The van der Waals surface area contributed by atoms with Crippen molar-refractivity contribution in [1.29, 1.82) is 0 Å². The van der Waals surface area contributed by atoms with Crippen LogP contribution in [0, 0.1) is 5.82 Å². The smallest absolute Gasteiger partial charge is 0.123 e. The maximum absolute atomic E-state index is 13.4. The average molecular weight is 294 g/mol. The van der Waals surface area contributed by atoms with Crippen molar-refractivity contribution in [2.24, 2.45) is 5.73 Å². The molecule has 0 aliphatic carbocycles. The maximum atomic E-state index is 13.4. The zero-order valence-electron chi connectivity index (χ0n) is 13.1. The minimum absolute atomic E-state index is 0.172. The third-order valence-electron chi connectivity index (χ3n) is 4.51. The first-order chi connectivity index (χ1) is 10.1. The Balaban J connectivity index is 2.09. The summed E-state index contributed by atoms with van der Waals surface area (Å²) in [4.78, 5) is 2.38. The van der Waals surface area contributed by atoms with E-state index in [-0.39, 0.29) is 11.4 Å². The second-order valence-electron chi connectivity index (χ2n) is 6.18. The summed E-state index contributed by atoms with van der Waals surface area (Å²) in [6.07, 6.45) is 3.33. The number of likely N-dealkylation sites (N-methyl/N-ethyl adjacent to an activating group) is 1. The highest BCUT2D eigenvalue weighted by Gasteiger charge is 2.32. The number of nitrogens with two attached hydrogens (primary N) is 1. The number of hydrogen-bond acceptors (Lipinski definition) is 3. The van der Waals surface area contributed by atoms with Crippen molar-refractivity contribution >= 4 is 0 Å². The highest BCUT2D eigenvalue weighted by atomic mass is 19.1. The van der Waals surface area contributed by atoms with Crippen LogP contribution in [0.2, 0.25) is 0 Å². The van der Waals surface area contributed by atoms with Gasteiger partial charge in [0.1, 0.15) is 5.82 Å². The molecule has 2 rings (SSSR count). The zero-order valence-corrected chi connectivity index (χ0v) is 13.1. The summed E-state index contributed by atoms with van der Waals surface area (Å²) in [7, 11) is 0. The van der Waals surface area contributed by atoms with Gasteiger partial charge in [-0.15, -0.1) is 0 Å². The van der Waals surface area contributed by atoms with E-state index < -0.39 is 0 Å². The number of hydrogen-bond donors (Lipinski definition) is 1. The fourth-order valence-corrected chi connectivity index (χ4v) is 3.17. The standard InChI is InChI=1S/C17H27FN2O/c1-3-20(12-16-8-5-9-21-16)17(2,13-19)11-14-6-4-7-15(18)10-14/h4,6-7,10,16H,3,5,8-9,11-13,19H2,1-2H3. The molecule has 0 bridgehead atoms. The molecule has 1 heterocycles. The van der Waals surface area contributed by atoms with E-state index in [1.807, 2.05) is 6.07 Å². The molecule has 1 aromatic rings. The second-order valence-corrected chi connectivity index (χ2v) is 6.18. The highest BCUT2D eigenvalue weighted by Crippen LogP contribution is 2.23. The quantitative estimate of drug-likeness (QED) is 0.840. The van der Waals surface area contributed by atoms with Crippen molar-refractivity contribution in [2.45, 2.75) is 44.8 Å². The van der Waals surface area contributed by atoms with Crippen LogP contribution in [0.15, 0.2) is 24.3 Å². The number of nitrogens with zero attached hydrogens (tertiary/aromatic N) is 1. The molecule has 0 aromatic heterocycles. The van der Waals surface area contributed by atoms with Gasteiger partial charge in [0.05, 0.1) is 6.10 Å². The van der Waals surface area contributed by atoms with Crippen LogP contribution < -0.4 is 5.73 Å². The number of ether oxygens (including phenoxy) is 1. The van der Waals surface area contributed by atoms with E-state index in [1.54, 1.807) is 12.1 Å². The fourth-order valence-electron chi connectivity index (χ4n) is 3.17. The molecular formula is C17H27FN2O. The Kier molecular flexibility index (Phi) is 5.73. The molecule has 2 unspecified atom stereocenters. The normalized spacial score (nSPS) is 21.7. The lowest BCUT2D eigenvalue weighted by Gasteiger charge is -2.41. The minimum atomic E-state index is -0.186. The first kappa shape index (κ1) is 16.4. The summed E-state index contributed by atoms with van der Waals surface area (Å²) in [5, 5.41) is 0. The summed E-state index contributed by atoms with van der Waals surface area (Å²) in [6.45, 7) is 7.54. The minimum Gasteiger partial charge on any atom is -0.377 e. The van der Waals surface area contributed by atoms with Gasteiger partial charge in [-0.05, 0) is 50.4 Å². The van der Waals surface area contributed by atoms with E-state index in [1.165, 1.54) is 6.07 Å². The van der Waals surface area contributed by atoms with E-state index >= 15 is 0 Å². The predicted octanol–water partition coefficient (Wildman–Crippen LogP) is 2.59. The third-order valence-corrected chi connectivity index (χ3v) is 4.51. The van der Waals surface area contributed by atoms with Crippen LogP contribution >= 0.6 is 0 Å². The second kappa shape index (κ2) is 7.34. The molecule has 4 heteroatoms. The highest BCUT2D eigenvalue weighted by molar-refractivity contribution is 5.19. The van der Waals surface area contributed by atoms with Gasteiger partial charge in [0.25, 0.3) is 0 Å². The van der Waals surface area contributed by atoms with Crippen LogP contribution in [0.5, 0.6) is 0 Å². The Morgan fingerprint density at radius 3 is 2.86 bits per heavy atom. The van der Waals surface area contributed by atoms with Crippen molar-refractivity contribution in [1.82, 2.24) is 4.90 Å². The van der Waals surface area contributed by atoms with Gasteiger partial charge in [-0.2, -0.15) is 0 Å². The van der Waals surface area contributed by atoms with Crippen LogP contribution in [-0.2, 0) is 11.2 Å². The first-order valence-electron chi connectivity index (χ1n) is 7.88. The number of benzene rings is 1. The van der Waals surface area contributed by atoms with E-state index in [0.29, 0.717) is 12.6 Å². The largest absolute Gasteiger partial charge is 0.377 e. The molecule has 0 spiro atoms. The SMILES string of the molecule is CCN(CC1CCCO1)C(C)(CN)Cc1cccc(F)c1. The Morgan fingerprint density at radius 2 is 2.29 bits per heavy atom. The number of halogens is 1. The lowest BCUT2D eigenvalue weighted by Crippen LogP contribution is -2.55. The van der Waals surface area contributed by atoms with Crippen molar-refractivity contribution in [2.75, 3.05) is 26.2 Å². The Morgan fingerprint density at radius 1 is 1.48 bits per heavy atom. The molecule has 0 radical (unpaired) electrons. The molecule has 21 heavy (non-hydrogen) atoms. The first-order valence-corrected chi connectivity index (χ1v) is 7.88. The zero-order chi connectivity index (χ0) is 15.3. The van der Waals surface area contributed by atoms with Gasteiger partial charge in [0.15, 0.2) is 0 Å². The van der Waals surface area contributed by atoms with Crippen molar-refractivity contribution in [3.05, 3.63) is 35.6 Å². The summed E-state index contributed by atoms with van der Waals surface area (Å²) in [5.74, 6) is -0.186. The van der Waals surface area contributed by atoms with Crippen LogP contribution in [0.1, 0.15) is 32.3 Å². The molecule has 1 aromatic carbocycles. The van der Waals surface area contributed by atoms with E-state index in [9.17, 15) is 4.39 Å². The topological polar surface area (TPSA) is 38.5 Å². The van der Waals surface area contributed by atoms with Gasteiger partial charge in [-0.1, -0.05) is 19.1 Å². The van der Waals surface area contributed by atoms with Crippen molar-refractivity contribution in [3.8, 4) is 0 Å². The fraction of sp³-hybridized carbons (Fsp3) is 0.647. The molecule has 118 valence electrons. The summed E-state index contributed by atoms with van der Waals surface area (Å²) >= 11 is 0. The average Bonchev–Trinajstić information content (AvgIpc) is 2.97. The number of rotatable bonds is 7. The molecule has 1 fully saturated rings. The molecule has 0 saturated carbocycles. The molecule has 3 nitrogen and oxygen atoms in total. The van der Waals surface area contributed by atoms with Gasteiger partial charge in [-0.25, -0.2) is 4.39 Å². The molecule has 2 N–H and O–H groups in total. The van der Waals surface area contributed by atoms with Gasteiger partial charge in [0, 0.05) is 25.2 Å². The van der Waals surface area contributed by atoms with E-state index in [2.05, 4.69) is 18.7 Å². The van der Waals surface area contributed by atoms with E-state index in [4.69, 9.17) is 10.5 Å². The maximum Gasteiger partial charge on any atom is 0.123 e. The molecule has 1 aliphatic heterocycles. The molecular weight excluding hydrogens is 267 g/mol. The third kappa shape index (κ3) is 4.25. The van der Waals surface area contributed by atoms with Crippen LogP contribution in [0.25, 0.3) is 0 Å². The van der Waals surface area contributed by atoms with E-state index in [0.717, 1.165) is 44.5 Å². The van der Waals surface area contributed by atoms with Crippen LogP contribution in [0.3, 0.4) is 0 Å². The Hall–Kier alpha value is -0.970. The monoisotopic (exact) mass is 294 g/mol. The molecule has 1 saturated heterocycles. The van der Waals surface area contributed by atoms with Crippen molar-refractivity contribution < 1.29 is 9.13 Å². The molecule has 2 atom stereocenters. The Labute approximate surface area is 127 Å². The summed E-state index contributed by atoms with van der Waals surface area (Å²) in [5.41, 5.74) is 6.89. The molecule has 0 amide bonds. The van der Waals surface area contributed by atoms with Crippen LogP contribution in [0.4, 0.5) is 4.39 Å². The Bertz CT molecular complexity index is 448. The van der Waals surface area contributed by atoms with Gasteiger partial charge >= 0.3 is 0 Å². The van der Waals surface area contributed by atoms with Gasteiger partial charge in [0.2, 0.25) is 0 Å². The summed E-state index contributed by atoms with van der Waals surface area (Å²) < 4.78 is 19.1. The summed E-state index contributed by atoms with van der Waals surface area (Å²) in [6, 6.07) is 6.82. The lowest BCUT2D eigenvalue weighted by molar-refractivity contribution is 0.0309. The van der Waals surface area contributed by atoms with Crippen molar-refractivity contribution in [3.63, 3.8) is 0 Å².